The van der Waals surface area contributed by atoms with Gasteiger partial charge in [-0.15, -0.1) is 0 Å². The molecule has 0 radical (unpaired) electrons. The summed E-state index contributed by atoms with van der Waals surface area (Å²) in [5.74, 6) is -0.610. The first-order chi connectivity index (χ1) is 39.4. The molecule has 0 aromatic heterocycles. The Labute approximate surface area is 499 Å². The molecule has 0 rings (SSSR count). The molecule has 464 valence electrons. The third kappa shape index (κ3) is 60.8. The molecule has 9 nitrogen and oxygen atoms in total. The van der Waals surface area contributed by atoms with Crippen LogP contribution in [0.5, 0.6) is 0 Å². The van der Waals surface area contributed by atoms with Crippen molar-refractivity contribution in [1.29, 1.82) is 0 Å². The van der Waals surface area contributed by atoms with Crippen molar-refractivity contribution in [3.05, 3.63) is 122 Å². The molecule has 0 bridgehead atoms. The Hall–Kier alpha value is -3.59. The Bertz CT molecular complexity index is 1800. The molecule has 81 heavy (non-hydrogen) atoms. The molecule has 2 N–H and O–H groups in total. The molecule has 10 heteroatoms. The van der Waals surface area contributed by atoms with E-state index in [0.29, 0.717) is 23.9 Å². The van der Waals surface area contributed by atoms with Crippen molar-refractivity contribution < 1.29 is 37.3 Å². The Kier molecular flexibility index (Phi) is 56.9. The first-order valence-electron chi connectivity index (χ1n) is 32.9. The first-order valence-corrected chi connectivity index (χ1v) is 34.4. The van der Waals surface area contributed by atoms with Crippen molar-refractivity contribution in [3.8, 4) is 0 Å². The van der Waals surface area contributed by atoms with Gasteiger partial charge in [0, 0.05) is 12.8 Å². The molecule has 0 aliphatic rings. The number of quaternary nitrogens is 1. The summed E-state index contributed by atoms with van der Waals surface area (Å²) in [6.07, 6.45) is 83.6. The molecule has 3 unspecified atom stereocenters. The van der Waals surface area contributed by atoms with Gasteiger partial charge in [0.15, 0.2) is 0 Å². The third-order valence-corrected chi connectivity index (χ3v) is 14.9. The van der Waals surface area contributed by atoms with Crippen LogP contribution in [0.3, 0.4) is 0 Å². The number of carbonyl (C=O) groups excluding carboxylic acids is 2. The highest BCUT2D eigenvalue weighted by Crippen LogP contribution is 2.43. The fourth-order valence-corrected chi connectivity index (χ4v) is 9.59. The van der Waals surface area contributed by atoms with Crippen LogP contribution in [0.2, 0.25) is 0 Å². The van der Waals surface area contributed by atoms with E-state index in [0.717, 1.165) is 96.3 Å². The predicted octanol–water partition coefficient (Wildman–Crippen LogP) is 20.7. The number of unbranched alkanes of at least 4 members (excludes halogenated alkanes) is 24. The lowest BCUT2D eigenvalue weighted by Crippen LogP contribution is -2.47. The highest BCUT2D eigenvalue weighted by atomic mass is 31.2. The summed E-state index contributed by atoms with van der Waals surface area (Å²) in [7, 11) is 1.44. The van der Waals surface area contributed by atoms with Gasteiger partial charge >= 0.3 is 13.8 Å². The lowest BCUT2D eigenvalue weighted by molar-refractivity contribution is -0.870. The van der Waals surface area contributed by atoms with Crippen LogP contribution < -0.4 is 5.32 Å². The van der Waals surface area contributed by atoms with Gasteiger partial charge in [0.05, 0.1) is 33.8 Å². The maximum absolute atomic E-state index is 13.6. The normalized spacial score (nSPS) is 14.4. The number of nitrogens with zero attached hydrogens (tertiary/aromatic N) is 1. The van der Waals surface area contributed by atoms with Crippen LogP contribution in [0.25, 0.3) is 0 Å². The van der Waals surface area contributed by atoms with Gasteiger partial charge in [-0.05, 0) is 109 Å². The minimum atomic E-state index is -4.47. The second kappa shape index (κ2) is 59.6. The summed E-state index contributed by atoms with van der Waals surface area (Å²) in [4.78, 5) is 37.7. The van der Waals surface area contributed by atoms with Gasteiger partial charge in [-0.25, -0.2) is 4.57 Å². The molecule has 0 aromatic carbocycles. The van der Waals surface area contributed by atoms with Crippen LogP contribution >= 0.6 is 7.82 Å². The zero-order chi connectivity index (χ0) is 59.3. The molecule has 1 amide bonds. The quantitative estimate of drug-likeness (QED) is 0.0205. The Balaban J connectivity index is 5.21. The fourth-order valence-electron chi connectivity index (χ4n) is 8.86. The topological polar surface area (TPSA) is 111 Å². The van der Waals surface area contributed by atoms with Crippen LogP contribution in [-0.2, 0) is 27.9 Å². The van der Waals surface area contributed by atoms with E-state index < -0.39 is 25.9 Å². The van der Waals surface area contributed by atoms with Gasteiger partial charge < -0.3 is 19.4 Å². The van der Waals surface area contributed by atoms with Crippen LogP contribution in [0.4, 0.5) is 0 Å². The molecule has 0 saturated heterocycles. The maximum atomic E-state index is 13.6. The van der Waals surface area contributed by atoms with Crippen LogP contribution in [-0.4, -0.2) is 74.3 Å². The number of hydrogen-bond donors (Lipinski definition) is 2. The summed E-state index contributed by atoms with van der Waals surface area (Å²) in [6, 6.07) is -0.888. The smallest absolute Gasteiger partial charge is 0.456 e. The Morgan fingerprint density at radius 1 is 0.444 bits per heavy atom. The second-order valence-electron chi connectivity index (χ2n) is 22.9. The van der Waals surface area contributed by atoms with Crippen molar-refractivity contribution in [2.75, 3.05) is 40.9 Å². The fraction of sp³-hybridized carbons (Fsp3) is 0.690. The zero-order valence-electron chi connectivity index (χ0n) is 53.0. The number of hydrogen-bond acceptors (Lipinski definition) is 6. The lowest BCUT2D eigenvalue weighted by atomic mass is 10.0. The van der Waals surface area contributed by atoms with Crippen molar-refractivity contribution in [2.24, 2.45) is 0 Å². The summed E-state index contributed by atoms with van der Waals surface area (Å²) in [5, 5.41) is 3.04. The predicted molar refractivity (Wildman–Crippen MR) is 350 cm³/mol. The average Bonchev–Trinajstić information content (AvgIpc) is 3.44. The number of allylic oxidation sites excluding steroid dienone is 19. The molecule has 0 heterocycles. The Morgan fingerprint density at radius 2 is 0.802 bits per heavy atom. The molecule has 3 atom stereocenters. The van der Waals surface area contributed by atoms with Gasteiger partial charge in [-0.2, -0.15) is 0 Å². The van der Waals surface area contributed by atoms with E-state index in [1.807, 2.05) is 39.4 Å². The summed E-state index contributed by atoms with van der Waals surface area (Å²) >= 11 is 0. The van der Waals surface area contributed by atoms with Gasteiger partial charge in [0.25, 0.3) is 0 Å². The number of carbonyl (C=O) groups is 2. The van der Waals surface area contributed by atoms with E-state index in [9.17, 15) is 19.0 Å². The molecule has 0 saturated carbocycles. The monoisotopic (exact) mass is 1150 g/mol. The average molecular weight is 1150 g/mol. The number of phosphoric ester groups is 1. The largest absolute Gasteiger partial charge is 0.472 e. The third-order valence-electron chi connectivity index (χ3n) is 13.9. The summed E-state index contributed by atoms with van der Waals surface area (Å²) in [5.41, 5.74) is 0. The number of amides is 1. The van der Waals surface area contributed by atoms with E-state index in [1.165, 1.54) is 128 Å². The van der Waals surface area contributed by atoms with E-state index in [1.54, 1.807) is 0 Å². The minimum Gasteiger partial charge on any atom is -0.456 e. The Morgan fingerprint density at radius 3 is 1.23 bits per heavy atom. The highest BCUT2D eigenvalue weighted by Gasteiger charge is 2.30. The standard InChI is InChI=1S/C71H123N2O7P/c1-7-10-13-16-19-22-25-27-29-31-33-34-35-36-37-38-40-41-43-45-48-51-54-57-60-63-70(74)72-68(67-79-81(76,77)78-66-65-73(4,5)6)69(62-59-56-53-50-47-24-21-18-15-12-9-3)80-71(75)64-61-58-55-52-49-46-44-42-39-32-30-28-26-23-20-17-14-11-8-2/h11,14,19-20,22-23,27-30,33-34,39,42,46,49,55,58-59,62,68-69H,7-10,12-13,15-18,21,24-26,31-32,35-38,40-41,43-45,47-48,50-54,56-57,60-61,63-67H2,1-6H3,(H-,72,74,76,77)/p+1/b14-11-,22-19-,23-20-,29-27-,30-28-,34-33-,42-39-,49-46-,58-55-,62-59-. The molecule has 0 aliphatic carbocycles. The lowest BCUT2D eigenvalue weighted by Gasteiger charge is -2.27. The molecular formula is C71H124N2O7P+. The molecule has 0 aromatic rings. The van der Waals surface area contributed by atoms with E-state index in [2.05, 4.69) is 129 Å². The molecule has 0 aliphatic heterocycles. The number of nitrogens with one attached hydrogen (secondary N) is 1. The van der Waals surface area contributed by atoms with Gasteiger partial charge in [0.1, 0.15) is 19.3 Å². The van der Waals surface area contributed by atoms with Gasteiger partial charge in [-0.3, -0.25) is 18.6 Å². The number of ether oxygens (including phenoxy) is 1. The minimum absolute atomic E-state index is 0.0229. The zero-order valence-corrected chi connectivity index (χ0v) is 53.9. The number of phosphoric acid groups is 1. The first kappa shape index (κ1) is 77.4. The van der Waals surface area contributed by atoms with Crippen LogP contribution in [0.15, 0.2) is 122 Å². The highest BCUT2D eigenvalue weighted by molar-refractivity contribution is 7.47. The number of esters is 1. The maximum Gasteiger partial charge on any atom is 0.472 e. The summed E-state index contributed by atoms with van der Waals surface area (Å²) in [6.45, 7) is 6.81. The van der Waals surface area contributed by atoms with Crippen molar-refractivity contribution >= 4 is 19.7 Å². The molecule has 0 spiro atoms. The van der Waals surface area contributed by atoms with Crippen molar-refractivity contribution in [3.63, 3.8) is 0 Å². The SMILES string of the molecule is CC/C=C\C/C=C\C/C=C\C/C=C\C/C=C\C/C=C\CCC(=O)OC(/C=C\CCCCCCCCCCC)C(COP(=O)(O)OCC[N+](C)(C)C)NC(=O)CCCCCCCCCCCCCC/C=C\C/C=C\C/C=C\CCCCC. The molecular weight excluding hydrogens is 1020 g/mol. The number of likely N-dealkylation sites (N-methyl/N-ethyl adjacent to an activating group) is 1. The van der Waals surface area contributed by atoms with E-state index >= 15 is 0 Å². The van der Waals surface area contributed by atoms with Crippen LogP contribution in [0, 0.1) is 0 Å². The molecule has 0 fully saturated rings. The van der Waals surface area contributed by atoms with E-state index in [4.69, 9.17) is 13.8 Å². The second-order valence-corrected chi connectivity index (χ2v) is 24.4. The van der Waals surface area contributed by atoms with Crippen molar-refractivity contribution in [2.45, 2.75) is 277 Å². The van der Waals surface area contributed by atoms with Gasteiger partial charge in [0.2, 0.25) is 5.91 Å². The number of rotatable bonds is 58. The summed E-state index contributed by atoms with van der Waals surface area (Å²) < 4.78 is 30.6. The van der Waals surface area contributed by atoms with Crippen molar-refractivity contribution in [1.82, 2.24) is 5.32 Å². The van der Waals surface area contributed by atoms with Crippen LogP contribution in [0.1, 0.15) is 265 Å². The van der Waals surface area contributed by atoms with Gasteiger partial charge in [-0.1, -0.05) is 265 Å². The van der Waals surface area contributed by atoms with E-state index in [-0.39, 0.29) is 25.5 Å².